The van der Waals surface area contributed by atoms with Gasteiger partial charge in [-0.1, -0.05) is 24.3 Å². The Morgan fingerprint density at radius 1 is 0.667 bits per heavy atom. The number of rotatable bonds is 0. The summed E-state index contributed by atoms with van der Waals surface area (Å²) in [6.45, 7) is 3.94. The molecule has 0 amide bonds. The van der Waals surface area contributed by atoms with Crippen LogP contribution in [0.25, 0.3) is 0 Å². The molecule has 4 atom stereocenters. The molecule has 2 heterocycles. The number of aryl methyl sites for hydroxylation is 2. The number of carbonyl (C=O) groups excluding carboxylic acids is 2. The Balaban J connectivity index is 1.69. The van der Waals surface area contributed by atoms with E-state index in [2.05, 4.69) is 0 Å². The zero-order valence-corrected chi connectivity index (χ0v) is 13.4. The van der Waals surface area contributed by atoms with Crippen molar-refractivity contribution in [3.63, 3.8) is 0 Å². The lowest BCUT2D eigenvalue weighted by atomic mass is 9.51. The molecule has 0 spiro atoms. The topological polar surface area (TPSA) is 52.6 Å². The Bertz CT molecular complexity index is 838. The van der Waals surface area contributed by atoms with Crippen molar-refractivity contribution in [2.75, 3.05) is 0 Å². The standard InChI is InChI=1S/C20H16O4/c1-9-3-5-11-13(7-9)23-19(21)17-15(11)16-12-6-4-10(2)8-14(12)24-20(22)18(16)17/h3-8,15-18H,1-2H3. The quantitative estimate of drug-likeness (QED) is 0.552. The summed E-state index contributed by atoms with van der Waals surface area (Å²) in [6.07, 6.45) is 0. The van der Waals surface area contributed by atoms with E-state index in [1.54, 1.807) is 0 Å². The highest BCUT2D eigenvalue weighted by atomic mass is 16.5. The third kappa shape index (κ3) is 1.63. The van der Waals surface area contributed by atoms with Crippen molar-refractivity contribution in [3.05, 3.63) is 58.7 Å². The fourth-order valence-electron chi connectivity index (χ4n) is 4.47. The van der Waals surface area contributed by atoms with E-state index in [1.165, 1.54) is 0 Å². The normalized spacial score (nSPS) is 29.2. The minimum atomic E-state index is -0.438. The highest BCUT2D eigenvalue weighted by molar-refractivity contribution is 5.92. The molecule has 0 bridgehead atoms. The summed E-state index contributed by atoms with van der Waals surface area (Å²) in [4.78, 5) is 24.9. The highest BCUT2D eigenvalue weighted by Gasteiger charge is 2.64. The molecular weight excluding hydrogens is 304 g/mol. The van der Waals surface area contributed by atoms with Gasteiger partial charge in [0, 0.05) is 11.8 Å². The smallest absolute Gasteiger partial charge is 0.315 e. The Labute approximate surface area is 139 Å². The first-order valence-electron chi connectivity index (χ1n) is 8.19. The van der Waals surface area contributed by atoms with Gasteiger partial charge in [-0.25, -0.2) is 0 Å². The van der Waals surface area contributed by atoms with Crippen LogP contribution in [0.2, 0.25) is 0 Å². The van der Waals surface area contributed by atoms with E-state index in [4.69, 9.17) is 9.47 Å². The summed E-state index contributed by atoms with van der Waals surface area (Å²) in [6, 6.07) is 11.9. The molecule has 0 N–H and O–H groups in total. The lowest BCUT2D eigenvalue weighted by molar-refractivity contribution is -0.165. The number of benzene rings is 2. The van der Waals surface area contributed by atoms with Crippen LogP contribution in [-0.2, 0) is 9.59 Å². The molecule has 120 valence electrons. The summed E-state index contributed by atoms with van der Waals surface area (Å²) in [5, 5.41) is 0. The van der Waals surface area contributed by atoms with Gasteiger partial charge in [-0.05, 0) is 48.2 Å². The zero-order valence-electron chi connectivity index (χ0n) is 13.4. The minimum absolute atomic E-state index is 0.0128. The second-order valence-electron chi connectivity index (χ2n) is 7.03. The van der Waals surface area contributed by atoms with Crippen molar-refractivity contribution < 1.29 is 19.1 Å². The molecule has 2 aromatic carbocycles. The number of hydrogen-bond donors (Lipinski definition) is 0. The SMILES string of the molecule is Cc1ccc2c(c1)OC(=O)C1C3C(=O)Oc4cc(C)ccc4C3C21. The average molecular weight is 320 g/mol. The van der Waals surface area contributed by atoms with E-state index < -0.39 is 11.8 Å². The number of hydrogen-bond acceptors (Lipinski definition) is 4. The molecule has 4 heteroatoms. The Hall–Kier alpha value is -2.62. The maximum atomic E-state index is 12.5. The van der Waals surface area contributed by atoms with Crippen LogP contribution in [0.15, 0.2) is 36.4 Å². The summed E-state index contributed by atoms with van der Waals surface area (Å²) in [5.41, 5.74) is 4.14. The van der Waals surface area contributed by atoms with Crippen molar-refractivity contribution in [1.82, 2.24) is 0 Å². The van der Waals surface area contributed by atoms with Crippen molar-refractivity contribution in [1.29, 1.82) is 0 Å². The van der Waals surface area contributed by atoms with Crippen LogP contribution in [0.1, 0.15) is 34.1 Å². The maximum absolute atomic E-state index is 12.5. The molecule has 2 aliphatic heterocycles. The van der Waals surface area contributed by atoms with Gasteiger partial charge in [0.1, 0.15) is 11.5 Å². The minimum Gasteiger partial charge on any atom is -0.426 e. The lowest BCUT2D eigenvalue weighted by Crippen LogP contribution is -2.57. The molecular formula is C20H16O4. The van der Waals surface area contributed by atoms with Gasteiger partial charge in [-0.15, -0.1) is 0 Å². The molecule has 1 aliphatic carbocycles. The fraction of sp³-hybridized carbons (Fsp3) is 0.300. The van der Waals surface area contributed by atoms with E-state index in [1.807, 2.05) is 50.2 Å². The first-order chi connectivity index (χ1) is 11.5. The molecule has 4 nitrogen and oxygen atoms in total. The van der Waals surface area contributed by atoms with Crippen LogP contribution in [0.5, 0.6) is 11.5 Å². The van der Waals surface area contributed by atoms with Gasteiger partial charge in [0.15, 0.2) is 0 Å². The first kappa shape index (κ1) is 13.8. The first-order valence-corrected chi connectivity index (χ1v) is 8.19. The molecule has 1 fully saturated rings. The summed E-state index contributed by atoms with van der Waals surface area (Å²) in [7, 11) is 0. The molecule has 5 rings (SSSR count). The van der Waals surface area contributed by atoms with Gasteiger partial charge in [-0.3, -0.25) is 9.59 Å². The van der Waals surface area contributed by atoms with Gasteiger partial charge >= 0.3 is 11.9 Å². The molecule has 4 unspecified atom stereocenters. The highest BCUT2D eigenvalue weighted by Crippen LogP contribution is 2.64. The largest absolute Gasteiger partial charge is 0.426 e. The third-order valence-corrected chi connectivity index (χ3v) is 5.57. The monoisotopic (exact) mass is 320 g/mol. The zero-order chi connectivity index (χ0) is 16.6. The van der Waals surface area contributed by atoms with Gasteiger partial charge in [0.25, 0.3) is 0 Å². The van der Waals surface area contributed by atoms with E-state index >= 15 is 0 Å². The summed E-state index contributed by atoms with van der Waals surface area (Å²) < 4.78 is 11.0. The van der Waals surface area contributed by atoms with Gasteiger partial charge in [0.2, 0.25) is 0 Å². The second kappa shape index (κ2) is 4.47. The maximum Gasteiger partial charge on any atom is 0.315 e. The predicted molar refractivity (Wildman–Crippen MR) is 86.1 cm³/mol. The Morgan fingerprint density at radius 3 is 1.50 bits per heavy atom. The fourth-order valence-corrected chi connectivity index (χ4v) is 4.47. The van der Waals surface area contributed by atoms with E-state index in [0.717, 1.165) is 22.3 Å². The Morgan fingerprint density at radius 2 is 1.08 bits per heavy atom. The lowest BCUT2D eigenvalue weighted by Gasteiger charge is -2.53. The number of esters is 2. The molecule has 0 saturated heterocycles. The Kier molecular flexibility index (Phi) is 2.57. The summed E-state index contributed by atoms with van der Waals surface area (Å²) >= 11 is 0. The number of fused-ring (bicyclic) bond motifs is 8. The van der Waals surface area contributed by atoms with Crippen molar-refractivity contribution in [3.8, 4) is 11.5 Å². The van der Waals surface area contributed by atoms with Crippen molar-refractivity contribution in [2.45, 2.75) is 25.7 Å². The van der Waals surface area contributed by atoms with Gasteiger partial charge in [0.05, 0.1) is 11.8 Å². The second-order valence-corrected chi connectivity index (χ2v) is 7.03. The molecule has 2 aromatic rings. The van der Waals surface area contributed by atoms with Crippen LogP contribution in [-0.4, -0.2) is 11.9 Å². The molecule has 3 aliphatic rings. The van der Waals surface area contributed by atoms with Crippen LogP contribution in [0, 0.1) is 25.7 Å². The van der Waals surface area contributed by atoms with Crippen molar-refractivity contribution in [2.24, 2.45) is 11.8 Å². The van der Waals surface area contributed by atoms with Gasteiger partial charge in [-0.2, -0.15) is 0 Å². The summed E-state index contributed by atoms with van der Waals surface area (Å²) in [5.74, 6) is -0.264. The van der Waals surface area contributed by atoms with E-state index in [0.29, 0.717) is 11.5 Å². The molecule has 0 aromatic heterocycles. The number of ether oxygens (including phenoxy) is 2. The van der Waals surface area contributed by atoms with Crippen molar-refractivity contribution >= 4 is 11.9 Å². The van der Waals surface area contributed by atoms with Crippen LogP contribution in [0.4, 0.5) is 0 Å². The molecule has 0 radical (unpaired) electrons. The third-order valence-electron chi connectivity index (χ3n) is 5.57. The van der Waals surface area contributed by atoms with Gasteiger partial charge < -0.3 is 9.47 Å². The van der Waals surface area contributed by atoms with Crippen LogP contribution >= 0.6 is 0 Å². The molecule has 24 heavy (non-hydrogen) atoms. The van der Waals surface area contributed by atoms with E-state index in [9.17, 15) is 9.59 Å². The average Bonchev–Trinajstić information content (AvgIpc) is 2.49. The predicted octanol–water partition coefficient (Wildman–Crippen LogP) is 3.25. The number of carbonyl (C=O) groups is 2. The van der Waals surface area contributed by atoms with Crippen LogP contribution in [0.3, 0.4) is 0 Å². The molecule has 1 saturated carbocycles. The van der Waals surface area contributed by atoms with E-state index in [-0.39, 0.29) is 23.8 Å². The van der Waals surface area contributed by atoms with Crippen LogP contribution < -0.4 is 9.47 Å².